The molecule has 1 rings (SSSR count). The van der Waals surface area contributed by atoms with E-state index in [1.54, 1.807) is 0 Å². The van der Waals surface area contributed by atoms with Crippen molar-refractivity contribution in [2.24, 2.45) is 10.7 Å². The van der Waals surface area contributed by atoms with E-state index in [1.807, 2.05) is 36.4 Å². The highest BCUT2D eigenvalue weighted by molar-refractivity contribution is 5.73. The van der Waals surface area contributed by atoms with Crippen molar-refractivity contribution in [1.82, 2.24) is 0 Å². The van der Waals surface area contributed by atoms with Gasteiger partial charge in [-0.25, -0.2) is 4.79 Å². The van der Waals surface area contributed by atoms with Crippen LogP contribution in [0.2, 0.25) is 0 Å². The topological polar surface area (TPSA) is 81.8 Å². The molecule has 5 heteroatoms. The smallest absolute Gasteiger partial charge is 0.433 e. The predicted molar refractivity (Wildman–Crippen MR) is 88.7 cm³/mol. The minimum absolute atomic E-state index is 0.196. The zero-order valence-corrected chi connectivity index (χ0v) is 12.9. The first kappa shape index (κ1) is 19.6. The summed E-state index contributed by atoms with van der Waals surface area (Å²) in [5, 5.41) is 0. The Bertz CT molecular complexity index is 458. The Morgan fingerprint density at radius 2 is 1.86 bits per heavy atom. The van der Waals surface area contributed by atoms with Crippen LogP contribution in [0.15, 0.2) is 48.0 Å². The van der Waals surface area contributed by atoms with Crippen LogP contribution in [0.5, 0.6) is 0 Å². The predicted octanol–water partition coefficient (Wildman–Crippen LogP) is 3.63. The molecule has 0 heterocycles. The lowest BCUT2D eigenvalue weighted by molar-refractivity contribution is -0.118. The Hall–Kier alpha value is -2.43. The lowest BCUT2D eigenvalue weighted by atomic mass is 10.1. The molecule has 5 nitrogen and oxygen atoms in total. The summed E-state index contributed by atoms with van der Waals surface area (Å²) in [4.78, 5) is 23.9. The number of hydrogen-bond acceptors (Lipinski definition) is 3. The third-order valence-electron chi connectivity index (χ3n) is 2.67. The van der Waals surface area contributed by atoms with Gasteiger partial charge in [-0.1, -0.05) is 42.8 Å². The first-order chi connectivity index (χ1) is 10.6. The molecule has 0 fully saturated rings. The summed E-state index contributed by atoms with van der Waals surface area (Å²) in [6, 6.07) is 9.40. The fourth-order valence-corrected chi connectivity index (χ4v) is 1.53. The summed E-state index contributed by atoms with van der Waals surface area (Å²) in [5.74, 6) is -0.196. The van der Waals surface area contributed by atoms with E-state index in [2.05, 4.69) is 18.3 Å². The molecule has 2 N–H and O–H groups in total. The van der Waals surface area contributed by atoms with Crippen molar-refractivity contribution in [1.29, 1.82) is 0 Å². The van der Waals surface area contributed by atoms with Crippen molar-refractivity contribution < 1.29 is 14.3 Å². The normalized spacial score (nSPS) is 9.09. The Morgan fingerprint density at radius 1 is 1.18 bits per heavy atom. The van der Waals surface area contributed by atoms with E-state index in [4.69, 9.17) is 10.5 Å². The first-order valence-corrected chi connectivity index (χ1v) is 7.16. The largest absolute Gasteiger partial charge is 0.443 e. The molecule has 0 saturated heterocycles. The van der Waals surface area contributed by atoms with E-state index in [0.29, 0.717) is 6.42 Å². The number of carbonyl (C=O) groups excluding carboxylic acids is 2. The standard InChI is InChI=1S/C9H9NO2.C8H15NO/c1-10-9(11)12-7-8-5-3-2-4-6-8;1-2-3-4-5-6-7-8(9)10/h2-6H,1,7H2;2H,1,3-7H2,(H2,9,10). The van der Waals surface area contributed by atoms with E-state index in [9.17, 15) is 9.59 Å². The van der Waals surface area contributed by atoms with Crippen LogP contribution in [0, 0.1) is 0 Å². The van der Waals surface area contributed by atoms with Crippen LogP contribution in [0.3, 0.4) is 0 Å². The third-order valence-corrected chi connectivity index (χ3v) is 2.67. The highest BCUT2D eigenvalue weighted by Crippen LogP contribution is 2.02. The number of primary amides is 1. The number of nitrogens with zero attached hydrogens (tertiary/aromatic N) is 1. The molecule has 1 aromatic rings. The van der Waals surface area contributed by atoms with Crippen molar-refractivity contribution >= 4 is 18.7 Å². The van der Waals surface area contributed by atoms with Crippen molar-refractivity contribution in [3.63, 3.8) is 0 Å². The average Bonchev–Trinajstić information content (AvgIpc) is 2.53. The fourth-order valence-electron chi connectivity index (χ4n) is 1.53. The molecule has 120 valence electrons. The molecule has 0 unspecified atom stereocenters. The van der Waals surface area contributed by atoms with Gasteiger partial charge in [-0.3, -0.25) is 4.79 Å². The monoisotopic (exact) mass is 304 g/mol. The number of rotatable bonds is 8. The van der Waals surface area contributed by atoms with Crippen molar-refractivity contribution in [3.8, 4) is 0 Å². The molecule has 2 amide bonds. The van der Waals surface area contributed by atoms with Gasteiger partial charge >= 0.3 is 6.09 Å². The minimum Gasteiger partial charge on any atom is -0.443 e. The zero-order chi connectivity index (χ0) is 16.6. The van der Waals surface area contributed by atoms with Gasteiger partial charge in [0.15, 0.2) is 0 Å². The van der Waals surface area contributed by atoms with Crippen LogP contribution in [-0.2, 0) is 16.1 Å². The lowest BCUT2D eigenvalue weighted by Gasteiger charge is -1.99. The van der Waals surface area contributed by atoms with Crippen molar-refractivity contribution in [2.45, 2.75) is 38.7 Å². The number of benzene rings is 1. The molecule has 1 aromatic carbocycles. The van der Waals surface area contributed by atoms with Gasteiger partial charge in [0.1, 0.15) is 6.61 Å². The van der Waals surface area contributed by atoms with Crippen LogP contribution in [0.4, 0.5) is 4.79 Å². The molecular weight excluding hydrogens is 280 g/mol. The molecule has 0 spiro atoms. The Balaban J connectivity index is 0.000000409. The Morgan fingerprint density at radius 3 is 2.41 bits per heavy atom. The zero-order valence-electron chi connectivity index (χ0n) is 12.9. The van der Waals surface area contributed by atoms with Gasteiger partial charge in [-0.2, -0.15) is 4.99 Å². The summed E-state index contributed by atoms with van der Waals surface area (Å²) in [6.45, 7) is 6.90. The number of nitrogens with two attached hydrogens (primary N) is 1. The highest BCUT2D eigenvalue weighted by atomic mass is 16.5. The van der Waals surface area contributed by atoms with Gasteiger partial charge in [0.2, 0.25) is 5.91 Å². The molecule has 0 aliphatic heterocycles. The van der Waals surface area contributed by atoms with Gasteiger partial charge in [0.25, 0.3) is 0 Å². The molecular formula is C17H24N2O3. The SMILES string of the molecule is C=CCCCCCC(N)=O.C=NC(=O)OCc1ccccc1. The highest BCUT2D eigenvalue weighted by Gasteiger charge is 1.96. The van der Waals surface area contributed by atoms with Crippen LogP contribution in [-0.4, -0.2) is 18.7 Å². The van der Waals surface area contributed by atoms with E-state index in [0.717, 1.165) is 31.2 Å². The number of allylic oxidation sites excluding steroid dienone is 1. The maximum Gasteiger partial charge on any atom is 0.433 e. The fraction of sp³-hybridized carbons (Fsp3) is 0.353. The minimum atomic E-state index is -0.640. The van der Waals surface area contributed by atoms with Crippen LogP contribution < -0.4 is 5.73 Å². The van der Waals surface area contributed by atoms with Gasteiger partial charge in [-0.05, 0) is 31.5 Å². The molecule has 0 saturated carbocycles. The second-order valence-corrected chi connectivity index (χ2v) is 4.55. The van der Waals surface area contributed by atoms with E-state index >= 15 is 0 Å². The number of amides is 2. The number of hydrogen-bond donors (Lipinski definition) is 1. The first-order valence-electron chi connectivity index (χ1n) is 7.16. The number of carbonyl (C=O) groups is 2. The molecule has 0 aromatic heterocycles. The van der Waals surface area contributed by atoms with Gasteiger partial charge in [0.05, 0.1) is 0 Å². The summed E-state index contributed by atoms with van der Waals surface area (Å²) < 4.78 is 4.71. The second kappa shape index (κ2) is 13.5. The molecule has 0 bridgehead atoms. The summed E-state index contributed by atoms with van der Waals surface area (Å²) >= 11 is 0. The Labute approximate surface area is 131 Å². The van der Waals surface area contributed by atoms with Crippen LogP contribution >= 0.6 is 0 Å². The molecule has 0 radical (unpaired) electrons. The van der Waals surface area contributed by atoms with Crippen LogP contribution in [0.1, 0.15) is 37.7 Å². The molecule has 0 atom stereocenters. The number of unbranched alkanes of at least 4 members (excludes halogenated alkanes) is 3. The maximum atomic E-state index is 10.5. The number of aliphatic imine (C=N–C) groups is 1. The van der Waals surface area contributed by atoms with Gasteiger partial charge in [-0.15, -0.1) is 6.58 Å². The third kappa shape index (κ3) is 12.6. The second-order valence-electron chi connectivity index (χ2n) is 4.55. The quantitative estimate of drug-likeness (QED) is 0.452. The van der Waals surface area contributed by atoms with Gasteiger partial charge < -0.3 is 10.5 Å². The van der Waals surface area contributed by atoms with E-state index < -0.39 is 6.09 Å². The van der Waals surface area contributed by atoms with E-state index in [-0.39, 0.29) is 12.5 Å². The van der Waals surface area contributed by atoms with Gasteiger partial charge in [0, 0.05) is 6.42 Å². The molecule has 0 aliphatic carbocycles. The lowest BCUT2D eigenvalue weighted by Crippen LogP contribution is -2.09. The summed E-state index contributed by atoms with van der Waals surface area (Å²) in [5.41, 5.74) is 5.89. The van der Waals surface area contributed by atoms with Crippen molar-refractivity contribution in [2.75, 3.05) is 0 Å². The number of ether oxygens (including phenoxy) is 1. The summed E-state index contributed by atoms with van der Waals surface area (Å²) in [7, 11) is 0. The average molecular weight is 304 g/mol. The van der Waals surface area contributed by atoms with Crippen molar-refractivity contribution in [3.05, 3.63) is 48.6 Å². The maximum absolute atomic E-state index is 10.5. The Kier molecular flexibility index (Phi) is 12.1. The molecule has 22 heavy (non-hydrogen) atoms. The molecule has 0 aliphatic rings. The van der Waals surface area contributed by atoms with E-state index in [1.165, 1.54) is 0 Å². The summed E-state index contributed by atoms with van der Waals surface area (Å²) in [6.07, 6.45) is 5.94. The van der Waals surface area contributed by atoms with Crippen LogP contribution in [0.25, 0.3) is 0 Å².